The van der Waals surface area contributed by atoms with Crippen LogP contribution in [0, 0.1) is 6.92 Å². The lowest BCUT2D eigenvalue weighted by Gasteiger charge is -2.17. The van der Waals surface area contributed by atoms with Crippen LogP contribution in [0.4, 0.5) is 5.69 Å². The number of benzene rings is 3. The van der Waals surface area contributed by atoms with Crippen molar-refractivity contribution in [3.63, 3.8) is 0 Å². The zero-order valence-electron chi connectivity index (χ0n) is 17.8. The highest BCUT2D eigenvalue weighted by Crippen LogP contribution is 2.21. The van der Waals surface area contributed by atoms with Crippen LogP contribution in [0.2, 0.25) is 0 Å². The first-order valence-corrected chi connectivity index (χ1v) is 11.5. The normalized spacial score (nSPS) is 12.1. The van der Waals surface area contributed by atoms with E-state index in [0.29, 0.717) is 23.6 Å². The van der Waals surface area contributed by atoms with Gasteiger partial charge in [-0.1, -0.05) is 24.3 Å². The van der Waals surface area contributed by atoms with Crippen LogP contribution in [-0.2, 0) is 10.0 Å². The summed E-state index contributed by atoms with van der Waals surface area (Å²) in [5.41, 5.74) is 2.98. The molecule has 0 heterocycles. The lowest BCUT2D eigenvalue weighted by molar-refractivity contribution is 0.0940. The van der Waals surface area contributed by atoms with E-state index in [4.69, 9.17) is 4.74 Å². The number of anilines is 1. The molecule has 1 atom stereocenters. The minimum absolute atomic E-state index is 0.129. The molecule has 0 saturated carbocycles. The Bertz CT molecular complexity index is 1140. The zero-order valence-corrected chi connectivity index (χ0v) is 18.6. The van der Waals surface area contributed by atoms with Crippen molar-refractivity contribution < 1.29 is 17.9 Å². The number of carbonyl (C=O) groups is 1. The van der Waals surface area contributed by atoms with Crippen LogP contribution in [0.25, 0.3) is 0 Å². The van der Waals surface area contributed by atoms with E-state index in [0.717, 1.165) is 11.1 Å². The van der Waals surface area contributed by atoms with Crippen LogP contribution in [-0.4, -0.2) is 20.9 Å². The summed E-state index contributed by atoms with van der Waals surface area (Å²) < 4.78 is 33.0. The predicted octanol–water partition coefficient (Wildman–Crippen LogP) is 4.69. The van der Waals surface area contributed by atoms with Gasteiger partial charge in [-0.15, -0.1) is 0 Å². The fourth-order valence-electron chi connectivity index (χ4n) is 3.22. The monoisotopic (exact) mass is 438 g/mol. The maximum Gasteiger partial charge on any atom is 0.261 e. The number of sulfonamides is 1. The van der Waals surface area contributed by atoms with E-state index in [1.54, 1.807) is 36.4 Å². The van der Waals surface area contributed by atoms with Gasteiger partial charge < -0.3 is 10.1 Å². The minimum Gasteiger partial charge on any atom is -0.494 e. The molecular formula is C24H26N2O4S. The van der Waals surface area contributed by atoms with Crippen LogP contribution in [0.5, 0.6) is 5.75 Å². The Hall–Kier alpha value is -3.32. The second-order valence-electron chi connectivity index (χ2n) is 7.14. The van der Waals surface area contributed by atoms with Crippen LogP contribution in [0.15, 0.2) is 77.7 Å². The highest BCUT2D eigenvalue weighted by atomic mass is 32.2. The van der Waals surface area contributed by atoms with E-state index >= 15 is 0 Å². The zero-order chi connectivity index (χ0) is 22.4. The van der Waals surface area contributed by atoms with Gasteiger partial charge in [-0.05, 0) is 80.4 Å². The molecule has 7 heteroatoms. The van der Waals surface area contributed by atoms with E-state index in [1.807, 2.05) is 45.0 Å². The summed E-state index contributed by atoms with van der Waals surface area (Å²) in [6, 6.07) is 20.3. The Balaban J connectivity index is 1.66. The molecule has 3 aromatic rings. The number of amides is 1. The van der Waals surface area contributed by atoms with Crippen molar-refractivity contribution in [2.24, 2.45) is 0 Å². The van der Waals surface area contributed by atoms with E-state index in [-0.39, 0.29) is 16.8 Å². The van der Waals surface area contributed by atoms with Crippen LogP contribution in [0.3, 0.4) is 0 Å². The maximum atomic E-state index is 12.6. The van der Waals surface area contributed by atoms with Crippen molar-refractivity contribution >= 4 is 21.6 Å². The van der Waals surface area contributed by atoms with Crippen molar-refractivity contribution in [3.05, 3.63) is 89.5 Å². The van der Waals surface area contributed by atoms with Gasteiger partial charge in [0.2, 0.25) is 0 Å². The molecular weight excluding hydrogens is 412 g/mol. The fraction of sp³-hybridized carbons (Fsp3) is 0.208. The van der Waals surface area contributed by atoms with Gasteiger partial charge in [0.15, 0.2) is 0 Å². The molecule has 0 fully saturated rings. The first kappa shape index (κ1) is 22.4. The summed E-state index contributed by atoms with van der Waals surface area (Å²) >= 11 is 0. The predicted molar refractivity (Wildman–Crippen MR) is 122 cm³/mol. The topological polar surface area (TPSA) is 84.5 Å². The standard InChI is InChI=1S/C24H26N2O4S/c1-4-30-21-13-15-22(16-14-21)31(28,29)26-20-11-9-19(10-12-20)24(27)25-18(3)23-8-6-5-7-17(23)2/h5-16,18,26H,4H2,1-3H3,(H,25,27). The Morgan fingerprint density at radius 2 is 1.61 bits per heavy atom. The second kappa shape index (κ2) is 9.66. The van der Waals surface area contributed by atoms with Crippen molar-refractivity contribution in [2.45, 2.75) is 31.7 Å². The van der Waals surface area contributed by atoms with Gasteiger partial charge in [0.1, 0.15) is 5.75 Å². The van der Waals surface area contributed by atoms with Gasteiger partial charge in [-0.2, -0.15) is 0 Å². The Kier molecular flexibility index (Phi) is 6.97. The smallest absolute Gasteiger partial charge is 0.261 e. The highest BCUT2D eigenvalue weighted by molar-refractivity contribution is 7.92. The van der Waals surface area contributed by atoms with Gasteiger partial charge in [-0.3, -0.25) is 9.52 Å². The summed E-state index contributed by atoms with van der Waals surface area (Å²) in [5, 5.41) is 2.97. The van der Waals surface area contributed by atoms with E-state index in [2.05, 4.69) is 10.0 Å². The number of nitrogens with one attached hydrogen (secondary N) is 2. The molecule has 0 bridgehead atoms. The summed E-state index contributed by atoms with van der Waals surface area (Å²) in [6.07, 6.45) is 0. The van der Waals surface area contributed by atoms with Crippen LogP contribution < -0.4 is 14.8 Å². The Labute approximate surface area is 183 Å². The van der Waals surface area contributed by atoms with Gasteiger partial charge in [0, 0.05) is 11.3 Å². The molecule has 3 aromatic carbocycles. The highest BCUT2D eigenvalue weighted by Gasteiger charge is 2.16. The molecule has 1 unspecified atom stereocenters. The van der Waals surface area contributed by atoms with E-state index < -0.39 is 10.0 Å². The molecule has 2 N–H and O–H groups in total. The lowest BCUT2D eigenvalue weighted by Crippen LogP contribution is -2.27. The van der Waals surface area contributed by atoms with Crippen molar-refractivity contribution in [3.8, 4) is 5.75 Å². The average molecular weight is 439 g/mol. The van der Waals surface area contributed by atoms with Crippen LogP contribution >= 0.6 is 0 Å². The molecule has 0 radical (unpaired) electrons. The van der Waals surface area contributed by atoms with Crippen molar-refractivity contribution in [1.82, 2.24) is 5.32 Å². The number of carbonyl (C=O) groups excluding carboxylic acids is 1. The number of hydrogen-bond acceptors (Lipinski definition) is 4. The molecule has 31 heavy (non-hydrogen) atoms. The average Bonchev–Trinajstić information content (AvgIpc) is 2.75. The van der Waals surface area contributed by atoms with E-state index in [1.165, 1.54) is 12.1 Å². The third-order valence-electron chi connectivity index (χ3n) is 4.85. The molecule has 0 spiro atoms. The van der Waals surface area contributed by atoms with Crippen molar-refractivity contribution in [1.29, 1.82) is 0 Å². The first-order chi connectivity index (χ1) is 14.8. The summed E-state index contributed by atoms with van der Waals surface area (Å²) in [6.45, 7) is 6.30. The lowest BCUT2D eigenvalue weighted by atomic mass is 10.0. The number of rotatable bonds is 8. The third-order valence-corrected chi connectivity index (χ3v) is 6.24. The Morgan fingerprint density at radius 3 is 2.23 bits per heavy atom. The quantitative estimate of drug-likeness (QED) is 0.535. The molecule has 0 aliphatic heterocycles. The van der Waals surface area contributed by atoms with E-state index in [9.17, 15) is 13.2 Å². The Morgan fingerprint density at radius 1 is 0.968 bits per heavy atom. The molecule has 0 aliphatic rings. The molecule has 3 rings (SSSR count). The second-order valence-corrected chi connectivity index (χ2v) is 8.82. The number of aryl methyl sites for hydroxylation is 1. The SMILES string of the molecule is CCOc1ccc(S(=O)(=O)Nc2ccc(C(=O)NC(C)c3ccccc3C)cc2)cc1. The van der Waals surface area contributed by atoms with Gasteiger partial charge in [0.25, 0.3) is 15.9 Å². The van der Waals surface area contributed by atoms with Crippen LogP contribution in [0.1, 0.15) is 41.4 Å². The summed E-state index contributed by atoms with van der Waals surface area (Å²) in [7, 11) is -3.74. The first-order valence-electron chi connectivity index (χ1n) is 10.0. The summed E-state index contributed by atoms with van der Waals surface area (Å²) in [5.74, 6) is 0.383. The molecule has 6 nitrogen and oxygen atoms in total. The number of ether oxygens (including phenoxy) is 1. The molecule has 0 aliphatic carbocycles. The number of hydrogen-bond donors (Lipinski definition) is 2. The third kappa shape index (κ3) is 5.64. The molecule has 1 amide bonds. The minimum atomic E-state index is -3.74. The van der Waals surface area contributed by atoms with Gasteiger partial charge >= 0.3 is 0 Å². The van der Waals surface area contributed by atoms with Gasteiger partial charge in [0.05, 0.1) is 17.5 Å². The molecule has 0 saturated heterocycles. The molecule has 162 valence electrons. The van der Waals surface area contributed by atoms with Gasteiger partial charge in [-0.25, -0.2) is 8.42 Å². The maximum absolute atomic E-state index is 12.6. The largest absolute Gasteiger partial charge is 0.494 e. The molecule has 0 aromatic heterocycles. The van der Waals surface area contributed by atoms with Crippen molar-refractivity contribution in [2.75, 3.05) is 11.3 Å². The summed E-state index contributed by atoms with van der Waals surface area (Å²) in [4.78, 5) is 12.7. The fourth-order valence-corrected chi connectivity index (χ4v) is 4.27.